The van der Waals surface area contributed by atoms with E-state index in [0.29, 0.717) is 17.5 Å². The van der Waals surface area contributed by atoms with Gasteiger partial charge in [0.2, 0.25) is 0 Å². The van der Waals surface area contributed by atoms with Gasteiger partial charge < -0.3 is 4.57 Å². The molecular formula is C50H33N5. The lowest BCUT2D eigenvalue weighted by Crippen LogP contribution is -2.00. The Morgan fingerprint density at radius 1 is 0.309 bits per heavy atom. The third-order valence-corrected chi connectivity index (χ3v) is 10.1. The Hall–Kier alpha value is -7.50. The molecule has 10 rings (SSSR count). The highest BCUT2D eigenvalue weighted by Crippen LogP contribution is 2.36. The summed E-state index contributed by atoms with van der Waals surface area (Å²) in [6.07, 6.45) is 3.65. The predicted molar refractivity (Wildman–Crippen MR) is 225 cm³/mol. The second-order valence-electron chi connectivity index (χ2n) is 13.6. The number of hydrogen-bond acceptors (Lipinski definition) is 4. The van der Waals surface area contributed by atoms with Gasteiger partial charge >= 0.3 is 0 Å². The van der Waals surface area contributed by atoms with Gasteiger partial charge in [0.1, 0.15) is 0 Å². The second-order valence-corrected chi connectivity index (χ2v) is 13.6. The van der Waals surface area contributed by atoms with E-state index in [1.54, 1.807) is 6.20 Å². The first-order valence-corrected chi connectivity index (χ1v) is 18.4. The molecule has 0 saturated heterocycles. The molecule has 10 aromatic rings. The first-order chi connectivity index (χ1) is 27.2. The van der Waals surface area contributed by atoms with Crippen LogP contribution in [0.4, 0.5) is 0 Å². The van der Waals surface area contributed by atoms with Gasteiger partial charge in [-0.1, -0.05) is 140 Å². The predicted octanol–water partition coefficient (Wildman–Crippen LogP) is 12.4. The molecule has 0 unspecified atom stereocenters. The van der Waals surface area contributed by atoms with Gasteiger partial charge in [0.25, 0.3) is 0 Å². The third-order valence-electron chi connectivity index (χ3n) is 10.1. The standard InChI is InChI=1S/C50H33N5/c1-3-12-35(13-4-1)48-52-49(54-50(53-48)41-17-10-16-39(31-41)42-18-11-29-51-33-42)36-25-23-34(24-26-36)37-14-9-15-38(30-37)40-27-28-47-45(32-40)44-21-7-8-22-46(44)55(47)43-19-5-2-6-20-43/h1-33H. The normalized spacial score (nSPS) is 11.3. The van der Waals surface area contributed by atoms with Crippen LogP contribution in [0.3, 0.4) is 0 Å². The topological polar surface area (TPSA) is 56.5 Å². The lowest BCUT2D eigenvalue weighted by molar-refractivity contribution is 1.07. The SMILES string of the molecule is c1ccc(-c2nc(-c3ccc(-c4cccc(-c5ccc6c(c5)c5ccccc5n6-c5ccccc5)c4)cc3)nc(-c3cccc(-c4cccnc4)c3)n2)cc1. The van der Waals surface area contributed by atoms with Crippen LogP contribution in [0, 0.1) is 0 Å². The van der Waals surface area contributed by atoms with Gasteiger partial charge in [-0.25, -0.2) is 15.0 Å². The quantitative estimate of drug-likeness (QED) is 0.166. The van der Waals surface area contributed by atoms with Gasteiger partial charge in [-0.05, 0) is 76.3 Å². The van der Waals surface area contributed by atoms with Crippen molar-refractivity contribution < 1.29 is 0 Å². The molecule has 0 saturated carbocycles. The lowest BCUT2D eigenvalue weighted by atomic mass is 9.97. The molecule has 3 aromatic heterocycles. The largest absolute Gasteiger partial charge is 0.309 e. The molecule has 258 valence electrons. The molecule has 55 heavy (non-hydrogen) atoms. The number of pyridine rings is 1. The summed E-state index contributed by atoms with van der Waals surface area (Å²) < 4.78 is 2.35. The van der Waals surface area contributed by atoms with Gasteiger partial charge in [-0.15, -0.1) is 0 Å². The molecule has 0 radical (unpaired) electrons. The molecule has 5 nitrogen and oxygen atoms in total. The monoisotopic (exact) mass is 703 g/mol. The zero-order valence-electron chi connectivity index (χ0n) is 29.8. The first kappa shape index (κ1) is 32.2. The van der Waals surface area contributed by atoms with Crippen molar-refractivity contribution in [2.75, 3.05) is 0 Å². The number of aromatic nitrogens is 5. The van der Waals surface area contributed by atoms with Gasteiger partial charge in [0.15, 0.2) is 17.5 Å². The Labute approximate surface area is 318 Å². The van der Waals surface area contributed by atoms with Crippen molar-refractivity contribution in [3.63, 3.8) is 0 Å². The maximum Gasteiger partial charge on any atom is 0.164 e. The van der Waals surface area contributed by atoms with Crippen molar-refractivity contribution in [3.8, 4) is 73.2 Å². The van der Waals surface area contributed by atoms with Crippen molar-refractivity contribution in [1.82, 2.24) is 24.5 Å². The molecule has 0 bridgehead atoms. The minimum absolute atomic E-state index is 0.621. The maximum absolute atomic E-state index is 5.02. The molecule has 0 N–H and O–H groups in total. The van der Waals surface area contributed by atoms with E-state index in [-0.39, 0.29) is 0 Å². The average molecular weight is 704 g/mol. The van der Waals surface area contributed by atoms with Crippen LogP contribution in [0.5, 0.6) is 0 Å². The smallest absolute Gasteiger partial charge is 0.164 e. The van der Waals surface area contributed by atoms with Crippen LogP contribution in [0.1, 0.15) is 0 Å². The van der Waals surface area contributed by atoms with Crippen LogP contribution in [0.25, 0.3) is 95.0 Å². The number of nitrogens with zero attached hydrogens (tertiary/aromatic N) is 5. The van der Waals surface area contributed by atoms with E-state index in [0.717, 1.165) is 44.6 Å². The summed E-state index contributed by atoms with van der Waals surface area (Å²) >= 11 is 0. The van der Waals surface area contributed by atoms with Crippen LogP contribution < -0.4 is 0 Å². The zero-order chi connectivity index (χ0) is 36.6. The van der Waals surface area contributed by atoms with E-state index in [4.69, 9.17) is 15.0 Å². The molecule has 0 atom stereocenters. The first-order valence-electron chi connectivity index (χ1n) is 18.4. The minimum Gasteiger partial charge on any atom is -0.309 e. The Balaban J connectivity index is 1.00. The maximum atomic E-state index is 5.02. The van der Waals surface area contributed by atoms with E-state index in [1.807, 2.05) is 54.7 Å². The number of benzene rings is 7. The van der Waals surface area contributed by atoms with Gasteiger partial charge in [-0.2, -0.15) is 0 Å². The fourth-order valence-corrected chi connectivity index (χ4v) is 7.42. The average Bonchev–Trinajstić information content (AvgIpc) is 3.61. The Kier molecular flexibility index (Phi) is 8.08. The molecule has 0 aliphatic carbocycles. The molecule has 7 aromatic carbocycles. The summed E-state index contributed by atoms with van der Waals surface area (Å²) in [7, 11) is 0. The molecule has 5 heteroatoms. The van der Waals surface area contributed by atoms with E-state index in [2.05, 4.69) is 149 Å². The van der Waals surface area contributed by atoms with E-state index in [9.17, 15) is 0 Å². The van der Waals surface area contributed by atoms with E-state index < -0.39 is 0 Å². The summed E-state index contributed by atoms with van der Waals surface area (Å²) in [5.74, 6) is 1.88. The highest BCUT2D eigenvalue weighted by molar-refractivity contribution is 6.10. The van der Waals surface area contributed by atoms with E-state index in [1.165, 1.54) is 32.9 Å². The Bertz CT molecular complexity index is 2950. The highest BCUT2D eigenvalue weighted by atomic mass is 15.0. The van der Waals surface area contributed by atoms with Crippen molar-refractivity contribution in [2.24, 2.45) is 0 Å². The van der Waals surface area contributed by atoms with Crippen LogP contribution >= 0.6 is 0 Å². The summed E-state index contributed by atoms with van der Waals surface area (Å²) in [6, 6.07) is 65.7. The van der Waals surface area contributed by atoms with Crippen LogP contribution in [0.2, 0.25) is 0 Å². The van der Waals surface area contributed by atoms with Crippen molar-refractivity contribution in [3.05, 3.63) is 200 Å². The molecule has 0 aliphatic heterocycles. The second kappa shape index (κ2) is 13.8. The summed E-state index contributed by atoms with van der Waals surface area (Å²) in [5.41, 5.74) is 13.0. The zero-order valence-corrected chi connectivity index (χ0v) is 29.8. The van der Waals surface area contributed by atoms with Gasteiger partial charge in [0, 0.05) is 51.1 Å². The molecule has 0 aliphatic rings. The lowest BCUT2D eigenvalue weighted by Gasteiger charge is -2.11. The number of hydrogen-bond donors (Lipinski definition) is 0. The Morgan fingerprint density at radius 3 is 1.53 bits per heavy atom. The fourth-order valence-electron chi connectivity index (χ4n) is 7.42. The van der Waals surface area contributed by atoms with Crippen LogP contribution in [0.15, 0.2) is 200 Å². The summed E-state index contributed by atoms with van der Waals surface area (Å²) in [5, 5.41) is 2.48. The summed E-state index contributed by atoms with van der Waals surface area (Å²) in [4.78, 5) is 19.2. The Morgan fingerprint density at radius 2 is 0.800 bits per heavy atom. The summed E-state index contributed by atoms with van der Waals surface area (Å²) in [6.45, 7) is 0. The van der Waals surface area contributed by atoms with Gasteiger partial charge in [0.05, 0.1) is 11.0 Å². The van der Waals surface area contributed by atoms with Gasteiger partial charge in [-0.3, -0.25) is 4.98 Å². The number of para-hydroxylation sites is 2. The molecule has 0 amide bonds. The van der Waals surface area contributed by atoms with Crippen LogP contribution in [-0.2, 0) is 0 Å². The highest BCUT2D eigenvalue weighted by Gasteiger charge is 2.15. The molecule has 0 spiro atoms. The molecule has 3 heterocycles. The molecule has 0 fully saturated rings. The number of fused-ring (bicyclic) bond motifs is 3. The molecular weight excluding hydrogens is 671 g/mol. The number of rotatable bonds is 7. The van der Waals surface area contributed by atoms with Crippen molar-refractivity contribution in [1.29, 1.82) is 0 Å². The van der Waals surface area contributed by atoms with E-state index >= 15 is 0 Å². The third kappa shape index (κ3) is 6.14. The van der Waals surface area contributed by atoms with Crippen molar-refractivity contribution in [2.45, 2.75) is 0 Å². The minimum atomic E-state index is 0.621. The van der Waals surface area contributed by atoms with Crippen LogP contribution in [-0.4, -0.2) is 24.5 Å². The van der Waals surface area contributed by atoms with Crippen molar-refractivity contribution >= 4 is 21.8 Å². The fraction of sp³-hybridized carbons (Fsp3) is 0.